The van der Waals surface area contributed by atoms with Crippen molar-refractivity contribution in [3.8, 4) is 0 Å². The molecule has 166 valence electrons. The van der Waals surface area contributed by atoms with E-state index >= 15 is 0 Å². The van der Waals surface area contributed by atoms with Gasteiger partial charge in [0.1, 0.15) is 6.04 Å². The first-order valence-corrected chi connectivity index (χ1v) is 10.5. The third-order valence-corrected chi connectivity index (χ3v) is 6.63. The molecule has 2 bridgehead atoms. The van der Waals surface area contributed by atoms with E-state index in [1.54, 1.807) is 6.92 Å². The molecule has 1 aliphatic carbocycles. The molecule has 0 aromatic heterocycles. The molecule has 0 spiro atoms. The van der Waals surface area contributed by atoms with Crippen LogP contribution >= 0.6 is 0 Å². The number of ether oxygens (including phenoxy) is 2. The van der Waals surface area contributed by atoms with Gasteiger partial charge in [-0.2, -0.15) is 13.2 Å². The van der Waals surface area contributed by atoms with Gasteiger partial charge < -0.3 is 19.7 Å². The molecule has 4 aliphatic rings. The molecule has 6 nitrogen and oxygen atoms in total. The van der Waals surface area contributed by atoms with Gasteiger partial charge in [-0.15, -0.1) is 0 Å². The SMILES string of the molecule is CC(=O)NC(C(=O)N1CCC(C(F)(F)F)CC1)C(C)OCC12CCC(CC1)OC2. The molecule has 1 saturated carbocycles. The Kier molecular flexibility index (Phi) is 6.77. The summed E-state index contributed by atoms with van der Waals surface area (Å²) >= 11 is 0. The van der Waals surface area contributed by atoms with E-state index in [0.717, 1.165) is 25.7 Å². The van der Waals surface area contributed by atoms with Gasteiger partial charge in [-0.3, -0.25) is 9.59 Å². The number of fused-ring (bicyclic) bond motifs is 3. The van der Waals surface area contributed by atoms with Crippen LogP contribution in [0.1, 0.15) is 52.4 Å². The summed E-state index contributed by atoms with van der Waals surface area (Å²) in [6.45, 7) is 4.20. The summed E-state index contributed by atoms with van der Waals surface area (Å²) in [4.78, 5) is 26.0. The average molecular weight is 420 g/mol. The van der Waals surface area contributed by atoms with E-state index in [9.17, 15) is 22.8 Å². The van der Waals surface area contributed by atoms with Gasteiger partial charge in [-0.05, 0) is 45.4 Å². The van der Waals surface area contributed by atoms with Gasteiger partial charge >= 0.3 is 6.18 Å². The average Bonchev–Trinajstić information content (AvgIpc) is 2.70. The molecule has 0 aromatic rings. The maximum atomic E-state index is 13.0. The van der Waals surface area contributed by atoms with Crippen molar-refractivity contribution in [3.05, 3.63) is 0 Å². The highest BCUT2D eigenvalue weighted by Crippen LogP contribution is 2.43. The first-order chi connectivity index (χ1) is 13.6. The van der Waals surface area contributed by atoms with Gasteiger partial charge in [0, 0.05) is 25.4 Å². The Morgan fingerprint density at radius 3 is 2.31 bits per heavy atom. The summed E-state index contributed by atoms with van der Waals surface area (Å²) in [5.74, 6) is -2.13. The molecule has 9 heteroatoms. The number of nitrogens with zero attached hydrogens (tertiary/aromatic N) is 1. The van der Waals surface area contributed by atoms with Crippen LogP contribution < -0.4 is 5.32 Å². The first-order valence-electron chi connectivity index (χ1n) is 10.5. The minimum Gasteiger partial charge on any atom is -0.378 e. The summed E-state index contributed by atoms with van der Waals surface area (Å²) in [6, 6.07) is -0.910. The monoisotopic (exact) mass is 420 g/mol. The number of hydrogen-bond donors (Lipinski definition) is 1. The van der Waals surface area contributed by atoms with E-state index in [2.05, 4.69) is 5.32 Å². The molecule has 2 atom stereocenters. The Morgan fingerprint density at radius 1 is 1.21 bits per heavy atom. The Morgan fingerprint density at radius 2 is 1.83 bits per heavy atom. The number of amides is 2. The number of carbonyl (C=O) groups is 2. The molecule has 4 rings (SSSR count). The lowest BCUT2D eigenvalue weighted by molar-refractivity contribution is -0.187. The molecular formula is C20H31F3N2O4. The van der Waals surface area contributed by atoms with Crippen molar-refractivity contribution in [1.29, 1.82) is 0 Å². The van der Waals surface area contributed by atoms with Crippen LogP contribution in [-0.4, -0.2) is 67.4 Å². The summed E-state index contributed by atoms with van der Waals surface area (Å²) < 4.78 is 50.5. The quantitative estimate of drug-likeness (QED) is 0.718. The third-order valence-electron chi connectivity index (χ3n) is 6.63. The number of piperidine rings is 1. The minimum atomic E-state index is -4.23. The highest BCUT2D eigenvalue weighted by molar-refractivity contribution is 5.87. The number of rotatable bonds is 6. The van der Waals surface area contributed by atoms with Gasteiger partial charge in [0.2, 0.25) is 11.8 Å². The van der Waals surface area contributed by atoms with Crippen LogP contribution in [0.3, 0.4) is 0 Å². The van der Waals surface area contributed by atoms with E-state index in [1.807, 2.05) is 0 Å². The van der Waals surface area contributed by atoms with Crippen molar-refractivity contribution >= 4 is 11.8 Å². The van der Waals surface area contributed by atoms with E-state index < -0.39 is 24.2 Å². The minimum absolute atomic E-state index is 0.0327. The van der Waals surface area contributed by atoms with Gasteiger partial charge in [0.25, 0.3) is 0 Å². The van der Waals surface area contributed by atoms with Crippen LogP contribution in [-0.2, 0) is 19.1 Å². The smallest absolute Gasteiger partial charge is 0.378 e. The largest absolute Gasteiger partial charge is 0.391 e. The standard InChI is InChI=1S/C20H31F3N2O4/c1-13(28-11-19-7-3-16(4-8-19)29-12-19)17(24-14(2)26)18(27)25-9-5-15(6-10-25)20(21,22)23/h13,15-17H,3-12H2,1-2H3,(H,24,26). The number of likely N-dealkylation sites (tertiary alicyclic amines) is 1. The van der Waals surface area contributed by atoms with Crippen LogP contribution in [0.15, 0.2) is 0 Å². The Bertz CT molecular complexity index is 583. The van der Waals surface area contributed by atoms with Crippen molar-refractivity contribution in [2.45, 2.75) is 76.8 Å². The fourth-order valence-corrected chi connectivity index (χ4v) is 4.62. The first kappa shape index (κ1) is 22.3. The lowest BCUT2D eigenvalue weighted by atomic mass is 9.72. The highest BCUT2D eigenvalue weighted by atomic mass is 19.4. The van der Waals surface area contributed by atoms with Crippen molar-refractivity contribution in [3.63, 3.8) is 0 Å². The lowest BCUT2D eigenvalue weighted by Gasteiger charge is -2.46. The third kappa shape index (κ3) is 5.42. The maximum absolute atomic E-state index is 13.0. The molecule has 4 fully saturated rings. The van der Waals surface area contributed by atoms with Gasteiger partial charge in [-0.25, -0.2) is 0 Å². The zero-order valence-corrected chi connectivity index (χ0v) is 17.1. The highest BCUT2D eigenvalue weighted by Gasteiger charge is 2.44. The van der Waals surface area contributed by atoms with Crippen molar-refractivity contribution in [2.24, 2.45) is 11.3 Å². The normalized spacial score (nSPS) is 30.1. The fraction of sp³-hybridized carbons (Fsp3) is 0.900. The van der Waals surface area contributed by atoms with Crippen LogP contribution in [0, 0.1) is 11.3 Å². The molecule has 3 heterocycles. The molecule has 3 saturated heterocycles. The van der Waals surface area contributed by atoms with Gasteiger partial charge in [-0.1, -0.05) is 0 Å². The summed E-state index contributed by atoms with van der Waals surface area (Å²) in [5, 5.41) is 2.64. The number of nitrogens with one attached hydrogen (secondary N) is 1. The van der Waals surface area contributed by atoms with E-state index in [-0.39, 0.29) is 43.2 Å². The number of halogens is 3. The molecule has 0 radical (unpaired) electrons. The molecular weight excluding hydrogens is 389 g/mol. The zero-order chi connectivity index (χ0) is 21.2. The zero-order valence-electron chi connectivity index (χ0n) is 17.1. The van der Waals surface area contributed by atoms with E-state index in [4.69, 9.17) is 9.47 Å². The van der Waals surface area contributed by atoms with Crippen LogP contribution in [0.5, 0.6) is 0 Å². The Hall–Kier alpha value is -1.35. The fourth-order valence-electron chi connectivity index (χ4n) is 4.62. The Labute approximate surface area is 169 Å². The van der Waals surface area contributed by atoms with Crippen molar-refractivity contribution in [2.75, 3.05) is 26.3 Å². The van der Waals surface area contributed by atoms with Crippen LogP contribution in [0.4, 0.5) is 13.2 Å². The van der Waals surface area contributed by atoms with Crippen LogP contribution in [0.2, 0.25) is 0 Å². The summed E-state index contributed by atoms with van der Waals surface area (Å²) in [6.07, 6.45) is -0.619. The van der Waals surface area contributed by atoms with Gasteiger partial charge in [0.15, 0.2) is 0 Å². The predicted molar refractivity (Wildman–Crippen MR) is 99.0 cm³/mol. The number of alkyl halides is 3. The summed E-state index contributed by atoms with van der Waals surface area (Å²) in [5.41, 5.74) is -0.0438. The number of hydrogen-bond acceptors (Lipinski definition) is 4. The molecule has 2 unspecified atom stereocenters. The second-order valence-corrected chi connectivity index (χ2v) is 8.85. The van der Waals surface area contributed by atoms with E-state index in [1.165, 1.54) is 11.8 Å². The van der Waals surface area contributed by atoms with Crippen molar-refractivity contribution in [1.82, 2.24) is 10.2 Å². The maximum Gasteiger partial charge on any atom is 0.391 e. The molecule has 1 N–H and O–H groups in total. The molecule has 0 aromatic carbocycles. The Balaban J connectivity index is 1.58. The lowest BCUT2D eigenvalue weighted by Crippen LogP contribution is -2.56. The second-order valence-electron chi connectivity index (χ2n) is 8.85. The van der Waals surface area contributed by atoms with Crippen molar-refractivity contribution < 1.29 is 32.2 Å². The van der Waals surface area contributed by atoms with Gasteiger partial charge in [0.05, 0.1) is 31.3 Å². The summed E-state index contributed by atoms with van der Waals surface area (Å²) in [7, 11) is 0. The molecule has 29 heavy (non-hydrogen) atoms. The second kappa shape index (κ2) is 8.79. The van der Waals surface area contributed by atoms with E-state index in [0.29, 0.717) is 19.3 Å². The topological polar surface area (TPSA) is 67.9 Å². The number of carbonyl (C=O) groups excluding carboxylic acids is 2. The van der Waals surface area contributed by atoms with Crippen LogP contribution in [0.25, 0.3) is 0 Å². The predicted octanol–water partition coefficient (Wildman–Crippen LogP) is 2.66. The molecule has 3 aliphatic heterocycles. The molecule has 2 amide bonds.